The van der Waals surface area contributed by atoms with Crippen molar-refractivity contribution in [2.24, 2.45) is 0 Å². The minimum atomic E-state index is -1.10. The van der Waals surface area contributed by atoms with E-state index in [1.54, 1.807) is 18.2 Å². The van der Waals surface area contributed by atoms with Gasteiger partial charge in [-0.1, -0.05) is 18.2 Å². The molecule has 2 heterocycles. The van der Waals surface area contributed by atoms with Gasteiger partial charge in [-0.25, -0.2) is 9.59 Å². The van der Waals surface area contributed by atoms with Crippen LogP contribution in [0.3, 0.4) is 0 Å². The number of imide groups is 1. The quantitative estimate of drug-likeness (QED) is 0.793. The van der Waals surface area contributed by atoms with Gasteiger partial charge in [0.25, 0.3) is 5.91 Å². The van der Waals surface area contributed by atoms with Gasteiger partial charge in [0.2, 0.25) is 5.76 Å². The number of carbonyl (C=O) groups is 3. The molecule has 1 aliphatic heterocycles. The number of hydrogen-bond acceptors (Lipinski definition) is 6. The Morgan fingerprint density at radius 1 is 1.23 bits per heavy atom. The molecule has 3 rings (SSSR count). The number of hydrogen-bond donors (Lipinski definition) is 1. The highest BCUT2D eigenvalue weighted by Crippen LogP contribution is 2.15. The van der Waals surface area contributed by atoms with Gasteiger partial charge >= 0.3 is 12.0 Å². The van der Waals surface area contributed by atoms with Gasteiger partial charge in [-0.05, 0) is 31.2 Å². The van der Waals surface area contributed by atoms with Crippen molar-refractivity contribution in [2.75, 3.05) is 13.1 Å². The third kappa shape index (κ3) is 4.02. The Morgan fingerprint density at radius 3 is 2.69 bits per heavy atom. The average Bonchev–Trinajstić information content (AvgIpc) is 3.29. The first-order valence-electron chi connectivity index (χ1n) is 8.11. The third-order valence-corrected chi connectivity index (χ3v) is 3.74. The summed E-state index contributed by atoms with van der Waals surface area (Å²) in [5, 5.41) is 2.51. The molecule has 136 valence electrons. The fourth-order valence-corrected chi connectivity index (χ4v) is 2.41. The topological polar surface area (TPSA) is 98.1 Å². The number of ether oxygens (including phenoxy) is 2. The summed E-state index contributed by atoms with van der Waals surface area (Å²) < 4.78 is 16.0. The van der Waals surface area contributed by atoms with Crippen molar-refractivity contribution in [3.63, 3.8) is 0 Å². The van der Waals surface area contributed by atoms with Crippen LogP contribution in [0.15, 0.2) is 46.9 Å². The number of furan rings is 1. The van der Waals surface area contributed by atoms with Gasteiger partial charge in [-0.2, -0.15) is 0 Å². The van der Waals surface area contributed by atoms with Crippen LogP contribution in [0.25, 0.3) is 0 Å². The van der Waals surface area contributed by atoms with Crippen LogP contribution in [-0.2, 0) is 16.1 Å². The van der Waals surface area contributed by atoms with Gasteiger partial charge < -0.3 is 19.2 Å². The summed E-state index contributed by atoms with van der Waals surface area (Å²) in [4.78, 5) is 36.7. The summed E-state index contributed by atoms with van der Waals surface area (Å²) in [6.07, 6.45) is -1.10. The van der Waals surface area contributed by atoms with Crippen molar-refractivity contribution in [3.8, 4) is 5.75 Å². The van der Waals surface area contributed by atoms with Crippen LogP contribution in [0.5, 0.6) is 5.75 Å². The van der Waals surface area contributed by atoms with Crippen molar-refractivity contribution in [2.45, 2.75) is 19.6 Å². The number of esters is 1. The maximum absolute atomic E-state index is 12.1. The number of urea groups is 1. The van der Waals surface area contributed by atoms with Crippen molar-refractivity contribution < 1.29 is 28.3 Å². The number of rotatable bonds is 6. The van der Waals surface area contributed by atoms with Crippen LogP contribution in [0.1, 0.15) is 23.2 Å². The lowest BCUT2D eigenvalue weighted by atomic mass is 10.3. The third-order valence-electron chi connectivity index (χ3n) is 3.74. The molecule has 3 amide bonds. The van der Waals surface area contributed by atoms with Crippen LogP contribution in [0, 0.1) is 0 Å². The SMILES string of the molecule is C[C@H](OC(=O)c1ccc(COc2ccccc2)o1)C(=O)N1CCNC1=O. The average molecular weight is 358 g/mol. The Labute approximate surface area is 149 Å². The standard InChI is InChI=1S/C18H18N2O6/c1-12(16(21)20-10-9-19-18(20)23)25-17(22)15-8-7-14(26-15)11-24-13-5-3-2-4-6-13/h2-8,12H,9-11H2,1H3,(H,19,23)/t12-/m0/s1. The van der Waals surface area contributed by atoms with Gasteiger partial charge in [0, 0.05) is 13.1 Å². The Morgan fingerprint density at radius 2 is 2.00 bits per heavy atom. The Kier molecular flexibility index (Phi) is 5.21. The van der Waals surface area contributed by atoms with E-state index in [-0.39, 0.29) is 18.9 Å². The van der Waals surface area contributed by atoms with Crippen LogP contribution in [-0.4, -0.2) is 42.0 Å². The first-order chi connectivity index (χ1) is 12.5. The van der Waals surface area contributed by atoms with E-state index in [1.807, 2.05) is 18.2 Å². The van der Waals surface area contributed by atoms with Gasteiger partial charge in [-0.15, -0.1) is 0 Å². The fraction of sp³-hybridized carbons (Fsp3) is 0.278. The van der Waals surface area contributed by atoms with E-state index in [0.29, 0.717) is 18.1 Å². The normalized spacial score (nSPS) is 14.7. The minimum absolute atomic E-state index is 0.0396. The molecule has 1 aromatic heterocycles. The number of nitrogens with one attached hydrogen (secondary N) is 1. The smallest absolute Gasteiger partial charge is 0.375 e. The Bertz CT molecular complexity index is 801. The molecule has 1 atom stereocenters. The highest BCUT2D eigenvalue weighted by molar-refractivity contribution is 5.99. The molecule has 2 aromatic rings. The molecule has 0 spiro atoms. The maximum Gasteiger partial charge on any atom is 0.375 e. The van der Waals surface area contributed by atoms with E-state index < -0.39 is 24.0 Å². The lowest BCUT2D eigenvalue weighted by Gasteiger charge is -2.17. The summed E-state index contributed by atoms with van der Waals surface area (Å²) in [5.74, 6) is -0.277. The number of amides is 3. The van der Waals surface area contributed by atoms with Gasteiger partial charge in [0.1, 0.15) is 18.1 Å². The first kappa shape index (κ1) is 17.5. The highest BCUT2D eigenvalue weighted by Gasteiger charge is 2.32. The zero-order valence-corrected chi connectivity index (χ0v) is 14.1. The zero-order valence-electron chi connectivity index (χ0n) is 14.1. The van der Waals surface area contributed by atoms with Gasteiger partial charge in [0.05, 0.1) is 0 Å². The maximum atomic E-state index is 12.1. The monoisotopic (exact) mass is 358 g/mol. The van der Waals surface area contributed by atoms with E-state index in [4.69, 9.17) is 13.9 Å². The molecular weight excluding hydrogens is 340 g/mol. The Balaban J connectivity index is 1.54. The van der Waals surface area contributed by atoms with Crippen LogP contribution >= 0.6 is 0 Å². The molecule has 0 saturated carbocycles. The molecule has 0 bridgehead atoms. The predicted molar refractivity (Wildman–Crippen MR) is 89.5 cm³/mol. The van der Waals surface area contributed by atoms with E-state index in [0.717, 1.165) is 4.90 Å². The van der Waals surface area contributed by atoms with E-state index in [9.17, 15) is 14.4 Å². The molecule has 1 aliphatic rings. The van der Waals surface area contributed by atoms with E-state index in [1.165, 1.54) is 13.0 Å². The molecule has 8 heteroatoms. The molecular formula is C18H18N2O6. The van der Waals surface area contributed by atoms with Crippen molar-refractivity contribution in [1.82, 2.24) is 10.2 Å². The molecule has 1 fully saturated rings. The summed E-state index contributed by atoms with van der Waals surface area (Å²) in [6, 6.07) is 11.7. The molecule has 26 heavy (non-hydrogen) atoms. The van der Waals surface area contributed by atoms with Crippen LogP contribution in [0.2, 0.25) is 0 Å². The van der Waals surface area contributed by atoms with Gasteiger partial charge in [0.15, 0.2) is 6.10 Å². The summed E-state index contributed by atoms with van der Waals surface area (Å²) >= 11 is 0. The zero-order chi connectivity index (χ0) is 18.5. The van der Waals surface area contributed by atoms with E-state index >= 15 is 0 Å². The second-order valence-electron chi connectivity index (χ2n) is 5.64. The first-order valence-corrected chi connectivity index (χ1v) is 8.11. The number of nitrogens with zero attached hydrogens (tertiary/aromatic N) is 1. The lowest BCUT2D eigenvalue weighted by Crippen LogP contribution is -2.41. The van der Waals surface area contributed by atoms with Gasteiger partial charge in [-0.3, -0.25) is 9.69 Å². The van der Waals surface area contributed by atoms with Crippen LogP contribution < -0.4 is 10.1 Å². The second-order valence-corrected chi connectivity index (χ2v) is 5.64. The Hall–Kier alpha value is -3.29. The minimum Gasteiger partial charge on any atom is -0.486 e. The molecule has 1 aromatic carbocycles. The van der Waals surface area contributed by atoms with Crippen molar-refractivity contribution in [1.29, 1.82) is 0 Å². The second kappa shape index (κ2) is 7.73. The lowest BCUT2D eigenvalue weighted by molar-refractivity contribution is -0.136. The number of para-hydroxylation sites is 1. The summed E-state index contributed by atoms with van der Waals surface area (Å²) in [6.45, 7) is 2.20. The summed E-state index contributed by atoms with van der Waals surface area (Å²) in [5.41, 5.74) is 0. The molecule has 0 aliphatic carbocycles. The summed E-state index contributed by atoms with van der Waals surface area (Å²) in [7, 11) is 0. The predicted octanol–water partition coefficient (Wildman–Crippen LogP) is 1.96. The molecule has 8 nitrogen and oxygen atoms in total. The van der Waals surface area contributed by atoms with E-state index in [2.05, 4.69) is 5.32 Å². The largest absolute Gasteiger partial charge is 0.486 e. The molecule has 0 radical (unpaired) electrons. The highest BCUT2D eigenvalue weighted by atomic mass is 16.6. The van der Waals surface area contributed by atoms with Crippen LogP contribution in [0.4, 0.5) is 4.79 Å². The molecule has 0 unspecified atom stereocenters. The van der Waals surface area contributed by atoms with Crippen molar-refractivity contribution in [3.05, 3.63) is 54.0 Å². The van der Waals surface area contributed by atoms with Crippen molar-refractivity contribution >= 4 is 17.9 Å². The number of benzene rings is 1. The molecule has 1 N–H and O–H groups in total. The fourth-order valence-electron chi connectivity index (χ4n) is 2.41. The number of carbonyl (C=O) groups excluding carboxylic acids is 3. The molecule has 1 saturated heterocycles.